The summed E-state index contributed by atoms with van der Waals surface area (Å²) in [7, 11) is 0. The smallest absolute Gasteiger partial charge is 0.321 e. The molecule has 0 aliphatic heterocycles. The van der Waals surface area contributed by atoms with E-state index in [4.69, 9.17) is 5.11 Å². The lowest BCUT2D eigenvalue weighted by molar-refractivity contribution is -0.119. The van der Waals surface area contributed by atoms with Gasteiger partial charge in [-0.3, -0.25) is 10.1 Å². The molecular weight excluding hydrogens is 246 g/mol. The van der Waals surface area contributed by atoms with Crippen molar-refractivity contribution in [3.63, 3.8) is 0 Å². The van der Waals surface area contributed by atoms with Crippen LogP contribution in [0.25, 0.3) is 0 Å². The number of aliphatic hydroxyl groups excluding tert-OH is 1. The molecular formula is C13H27N3O3. The summed E-state index contributed by atoms with van der Waals surface area (Å²) in [6.45, 7) is 9.53. The zero-order chi connectivity index (χ0) is 15.1. The van der Waals surface area contributed by atoms with Gasteiger partial charge in [0.05, 0.1) is 6.54 Å². The van der Waals surface area contributed by atoms with Crippen molar-refractivity contribution in [3.8, 4) is 0 Å². The third-order valence-corrected chi connectivity index (χ3v) is 2.86. The molecule has 0 spiro atoms. The lowest BCUT2D eigenvalue weighted by Gasteiger charge is -2.29. The molecule has 0 bridgehead atoms. The molecule has 1 atom stereocenters. The quantitative estimate of drug-likeness (QED) is 0.575. The maximum absolute atomic E-state index is 11.6. The van der Waals surface area contributed by atoms with Gasteiger partial charge in [-0.1, -0.05) is 6.92 Å². The van der Waals surface area contributed by atoms with Crippen LogP contribution in [0.2, 0.25) is 0 Å². The minimum absolute atomic E-state index is 0.0436. The van der Waals surface area contributed by atoms with Gasteiger partial charge in [0.15, 0.2) is 0 Å². The fourth-order valence-electron chi connectivity index (χ4n) is 1.47. The van der Waals surface area contributed by atoms with Gasteiger partial charge < -0.3 is 15.7 Å². The highest BCUT2D eigenvalue weighted by Crippen LogP contribution is 2.12. The molecule has 0 aromatic heterocycles. The van der Waals surface area contributed by atoms with Crippen molar-refractivity contribution >= 4 is 11.9 Å². The summed E-state index contributed by atoms with van der Waals surface area (Å²) in [4.78, 5) is 23.1. The molecule has 0 aliphatic rings. The van der Waals surface area contributed by atoms with Crippen molar-refractivity contribution in [2.45, 2.75) is 58.5 Å². The van der Waals surface area contributed by atoms with Crippen molar-refractivity contribution in [3.05, 3.63) is 0 Å². The second-order valence-corrected chi connectivity index (χ2v) is 5.99. The van der Waals surface area contributed by atoms with Crippen molar-refractivity contribution < 1.29 is 14.7 Å². The molecule has 0 fully saturated rings. The van der Waals surface area contributed by atoms with Crippen LogP contribution in [0.5, 0.6) is 0 Å². The maximum Gasteiger partial charge on any atom is 0.321 e. The Bertz CT molecular complexity index is 313. The molecule has 0 aliphatic carbocycles. The van der Waals surface area contributed by atoms with Gasteiger partial charge in [0.2, 0.25) is 5.91 Å². The van der Waals surface area contributed by atoms with E-state index < -0.39 is 6.03 Å². The number of nitrogens with one attached hydrogen (secondary N) is 3. The number of hydrogen-bond donors (Lipinski definition) is 4. The van der Waals surface area contributed by atoms with Crippen molar-refractivity contribution in [2.75, 3.05) is 13.2 Å². The summed E-state index contributed by atoms with van der Waals surface area (Å²) >= 11 is 0. The first-order valence-corrected chi connectivity index (χ1v) is 6.60. The average Bonchev–Trinajstić information content (AvgIpc) is 2.24. The molecule has 3 amide bonds. The van der Waals surface area contributed by atoms with Crippen LogP contribution in [0.15, 0.2) is 0 Å². The summed E-state index contributed by atoms with van der Waals surface area (Å²) in [6.07, 6.45) is 1.35. The lowest BCUT2D eigenvalue weighted by atomic mass is 9.95. The van der Waals surface area contributed by atoms with Crippen molar-refractivity contribution in [1.29, 1.82) is 0 Å². The Morgan fingerprint density at radius 1 is 1.16 bits per heavy atom. The third kappa shape index (κ3) is 8.56. The zero-order valence-corrected chi connectivity index (χ0v) is 12.6. The monoisotopic (exact) mass is 273 g/mol. The number of carbonyl (C=O) groups excluding carboxylic acids is 2. The summed E-state index contributed by atoms with van der Waals surface area (Å²) in [5.74, 6) is -0.389. The Labute approximate surface area is 115 Å². The van der Waals surface area contributed by atoms with Crippen LogP contribution in [0.3, 0.4) is 0 Å². The van der Waals surface area contributed by atoms with E-state index in [1.807, 2.05) is 34.6 Å². The number of carbonyl (C=O) groups is 2. The number of urea groups is 1. The summed E-state index contributed by atoms with van der Waals surface area (Å²) in [5, 5.41) is 16.9. The minimum atomic E-state index is -0.500. The van der Waals surface area contributed by atoms with Crippen LogP contribution < -0.4 is 16.0 Å². The van der Waals surface area contributed by atoms with Crippen LogP contribution in [0.4, 0.5) is 4.79 Å². The van der Waals surface area contributed by atoms with E-state index in [9.17, 15) is 9.59 Å². The minimum Gasteiger partial charge on any atom is -0.396 e. The number of imide groups is 1. The number of rotatable bonds is 6. The van der Waals surface area contributed by atoms with Gasteiger partial charge in [-0.25, -0.2) is 4.79 Å². The van der Waals surface area contributed by atoms with Gasteiger partial charge in [-0.15, -0.1) is 0 Å². The Balaban J connectivity index is 4.15. The SMILES string of the molecule is CCC(C)(CCO)NCC(=O)NC(=O)NC(C)(C)C. The molecule has 0 saturated carbocycles. The van der Waals surface area contributed by atoms with Crippen LogP contribution in [-0.4, -0.2) is 41.3 Å². The van der Waals surface area contributed by atoms with Gasteiger partial charge >= 0.3 is 6.03 Å². The van der Waals surface area contributed by atoms with E-state index >= 15 is 0 Å². The highest BCUT2D eigenvalue weighted by Gasteiger charge is 2.22. The molecule has 1 unspecified atom stereocenters. The lowest BCUT2D eigenvalue weighted by Crippen LogP contribution is -2.52. The normalized spacial score (nSPS) is 14.6. The molecule has 19 heavy (non-hydrogen) atoms. The first kappa shape index (κ1) is 17.9. The molecule has 112 valence electrons. The molecule has 6 heteroatoms. The fourth-order valence-corrected chi connectivity index (χ4v) is 1.47. The first-order valence-electron chi connectivity index (χ1n) is 6.60. The van der Waals surface area contributed by atoms with Gasteiger partial charge in [0, 0.05) is 17.7 Å². The molecule has 0 aromatic carbocycles. The second-order valence-electron chi connectivity index (χ2n) is 5.99. The molecule has 0 rings (SSSR count). The van der Waals surface area contributed by atoms with E-state index in [0.29, 0.717) is 6.42 Å². The molecule has 0 saturated heterocycles. The van der Waals surface area contributed by atoms with E-state index in [2.05, 4.69) is 16.0 Å². The molecule has 0 heterocycles. The Morgan fingerprint density at radius 3 is 2.16 bits per heavy atom. The van der Waals surface area contributed by atoms with Crippen LogP contribution in [0, 0.1) is 0 Å². The van der Waals surface area contributed by atoms with Crippen molar-refractivity contribution in [2.24, 2.45) is 0 Å². The molecule has 6 nitrogen and oxygen atoms in total. The van der Waals surface area contributed by atoms with Crippen LogP contribution in [-0.2, 0) is 4.79 Å². The first-order chi connectivity index (χ1) is 8.62. The highest BCUT2D eigenvalue weighted by molar-refractivity contribution is 5.95. The number of amides is 3. The Kier molecular flexibility index (Phi) is 7.00. The zero-order valence-electron chi connectivity index (χ0n) is 12.6. The van der Waals surface area contributed by atoms with E-state index in [1.165, 1.54) is 0 Å². The molecule has 0 radical (unpaired) electrons. The highest BCUT2D eigenvalue weighted by atomic mass is 16.3. The molecule has 0 aromatic rings. The summed E-state index contributed by atoms with van der Waals surface area (Å²) in [5.41, 5.74) is -0.681. The standard InChI is InChI=1S/C13H27N3O3/c1-6-13(5,7-8-17)14-9-10(18)15-11(19)16-12(2,3)4/h14,17H,6-9H2,1-5H3,(H2,15,16,18,19). The third-order valence-electron chi connectivity index (χ3n) is 2.86. The van der Waals surface area contributed by atoms with Crippen LogP contribution >= 0.6 is 0 Å². The van der Waals surface area contributed by atoms with Gasteiger partial charge in [-0.2, -0.15) is 0 Å². The average molecular weight is 273 g/mol. The summed E-state index contributed by atoms with van der Waals surface area (Å²) in [6, 6.07) is -0.500. The van der Waals surface area contributed by atoms with E-state index in [1.54, 1.807) is 0 Å². The van der Waals surface area contributed by atoms with Gasteiger partial charge in [0.25, 0.3) is 0 Å². The van der Waals surface area contributed by atoms with Gasteiger partial charge in [-0.05, 0) is 40.5 Å². The van der Waals surface area contributed by atoms with Crippen LogP contribution in [0.1, 0.15) is 47.5 Å². The summed E-state index contributed by atoms with van der Waals surface area (Å²) < 4.78 is 0. The maximum atomic E-state index is 11.6. The largest absolute Gasteiger partial charge is 0.396 e. The second kappa shape index (κ2) is 7.45. The topological polar surface area (TPSA) is 90.5 Å². The number of hydrogen-bond acceptors (Lipinski definition) is 4. The van der Waals surface area contributed by atoms with Gasteiger partial charge in [0.1, 0.15) is 0 Å². The Hall–Kier alpha value is -1.14. The Morgan fingerprint density at radius 2 is 1.74 bits per heavy atom. The van der Waals surface area contributed by atoms with Crippen molar-refractivity contribution in [1.82, 2.24) is 16.0 Å². The van der Waals surface area contributed by atoms with E-state index in [-0.39, 0.29) is 30.1 Å². The molecule has 4 N–H and O–H groups in total. The predicted octanol–water partition coefficient (Wildman–Crippen LogP) is 0.751. The predicted molar refractivity (Wildman–Crippen MR) is 74.8 cm³/mol. The fraction of sp³-hybridized carbons (Fsp3) is 0.846. The number of aliphatic hydroxyl groups is 1. The van der Waals surface area contributed by atoms with E-state index in [0.717, 1.165) is 6.42 Å².